The number of urea groups is 1. The van der Waals surface area contributed by atoms with Crippen LogP contribution in [0.2, 0.25) is 0 Å². The van der Waals surface area contributed by atoms with E-state index in [0.717, 1.165) is 12.8 Å². The number of nitrogens with zero attached hydrogens (tertiary/aromatic N) is 1. The first-order valence-electron chi connectivity index (χ1n) is 7.60. The Morgan fingerprint density at radius 1 is 1.36 bits per heavy atom. The number of carbonyl (C=O) groups excluding carboxylic acids is 2. The predicted octanol–water partition coefficient (Wildman–Crippen LogP) is 2.02. The SMILES string of the molecule is CCNC(=O)NC(=O)C(C)N(Cc1ccccc1F)C1CC1. The molecular formula is C16H22FN3O2. The fourth-order valence-electron chi connectivity index (χ4n) is 2.38. The molecule has 0 radical (unpaired) electrons. The summed E-state index contributed by atoms with van der Waals surface area (Å²) < 4.78 is 13.8. The molecule has 1 aliphatic carbocycles. The van der Waals surface area contributed by atoms with Crippen LogP contribution in [0.3, 0.4) is 0 Å². The van der Waals surface area contributed by atoms with Gasteiger partial charge >= 0.3 is 6.03 Å². The number of nitrogens with one attached hydrogen (secondary N) is 2. The van der Waals surface area contributed by atoms with Crippen molar-refractivity contribution in [3.05, 3.63) is 35.6 Å². The maximum absolute atomic E-state index is 13.8. The molecule has 1 aliphatic rings. The van der Waals surface area contributed by atoms with E-state index >= 15 is 0 Å². The second kappa shape index (κ2) is 7.35. The lowest BCUT2D eigenvalue weighted by atomic mass is 10.1. The maximum Gasteiger partial charge on any atom is 0.321 e. The second-order valence-corrected chi connectivity index (χ2v) is 5.52. The Kier molecular flexibility index (Phi) is 5.49. The van der Waals surface area contributed by atoms with Gasteiger partial charge in [-0.05, 0) is 32.8 Å². The highest BCUT2D eigenvalue weighted by molar-refractivity contribution is 5.96. The van der Waals surface area contributed by atoms with Crippen LogP contribution in [0, 0.1) is 5.82 Å². The van der Waals surface area contributed by atoms with Crippen LogP contribution in [0.15, 0.2) is 24.3 Å². The zero-order valence-electron chi connectivity index (χ0n) is 12.9. The van der Waals surface area contributed by atoms with Crippen LogP contribution in [0.4, 0.5) is 9.18 Å². The van der Waals surface area contributed by atoms with Crippen LogP contribution < -0.4 is 10.6 Å². The molecule has 1 fully saturated rings. The number of imide groups is 1. The number of amides is 3. The van der Waals surface area contributed by atoms with E-state index in [0.29, 0.717) is 18.7 Å². The van der Waals surface area contributed by atoms with Crippen molar-refractivity contribution < 1.29 is 14.0 Å². The van der Waals surface area contributed by atoms with Crippen LogP contribution in [0.5, 0.6) is 0 Å². The molecule has 0 bridgehead atoms. The van der Waals surface area contributed by atoms with Gasteiger partial charge in [-0.15, -0.1) is 0 Å². The predicted molar refractivity (Wildman–Crippen MR) is 81.6 cm³/mol. The molecule has 0 spiro atoms. The molecule has 0 aliphatic heterocycles. The van der Waals surface area contributed by atoms with Gasteiger partial charge in [-0.3, -0.25) is 15.0 Å². The molecule has 2 N–H and O–H groups in total. The van der Waals surface area contributed by atoms with E-state index in [9.17, 15) is 14.0 Å². The minimum absolute atomic E-state index is 0.273. The zero-order valence-corrected chi connectivity index (χ0v) is 12.9. The number of hydrogen-bond donors (Lipinski definition) is 2. The lowest BCUT2D eigenvalue weighted by Crippen LogP contribution is -2.50. The number of hydrogen-bond acceptors (Lipinski definition) is 3. The van der Waals surface area contributed by atoms with Crippen molar-refractivity contribution in [2.24, 2.45) is 0 Å². The number of rotatable bonds is 6. The Balaban J connectivity index is 2.03. The molecule has 0 aromatic heterocycles. The highest BCUT2D eigenvalue weighted by Gasteiger charge is 2.35. The minimum Gasteiger partial charge on any atom is -0.338 e. The lowest BCUT2D eigenvalue weighted by Gasteiger charge is -2.28. The highest BCUT2D eigenvalue weighted by atomic mass is 19.1. The first-order valence-corrected chi connectivity index (χ1v) is 7.60. The van der Waals surface area contributed by atoms with E-state index in [1.165, 1.54) is 6.07 Å². The topological polar surface area (TPSA) is 61.4 Å². The van der Waals surface area contributed by atoms with Gasteiger partial charge in [0.1, 0.15) is 5.82 Å². The van der Waals surface area contributed by atoms with Crippen molar-refractivity contribution >= 4 is 11.9 Å². The average molecular weight is 307 g/mol. The summed E-state index contributed by atoms with van der Waals surface area (Å²) in [6.45, 7) is 4.34. The van der Waals surface area contributed by atoms with Gasteiger partial charge < -0.3 is 5.32 Å². The van der Waals surface area contributed by atoms with Crippen molar-refractivity contribution in [1.29, 1.82) is 0 Å². The van der Waals surface area contributed by atoms with Gasteiger partial charge in [-0.1, -0.05) is 18.2 Å². The lowest BCUT2D eigenvalue weighted by molar-refractivity contribution is -0.125. The third-order valence-corrected chi connectivity index (χ3v) is 3.78. The number of halogens is 1. The maximum atomic E-state index is 13.8. The Labute approximate surface area is 129 Å². The Morgan fingerprint density at radius 3 is 2.64 bits per heavy atom. The summed E-state index contributed by atoms with van der Waals surface area (Å²) in [6.07, 6.45) is 1.99. The molecular weight excluding hydrogens is 285 g/mol. The number of carbonyl (C=O) groups is 2. The van der Waals surface area contributed by atoms with E-state index in [1.807, 2.05) is 4.90 Å². The fraction of sp³-hybridized carbons (Fsp3) is 0.500. The highest BCUT2D eigenvalue weighted by Crippen LogP contribution is 2.30. The van der Waals surface area contributed by atoms with Crippen molar-refractivity contribution in [3.63, 3.8) is 0 Å². The van der Waals surface area contributed by atoms with E-state index in [-0.39, 0.29) is 17.8 Å². The molecule has 6 heteroatoms. The van der Waals surface area contributed by atoms with Gasteiger partial charge in [-0.25, -0.2) is 9.18 Å². The Bertz CT molecular complexity index is 546. The molecule has 1 unspecified atom stereocenters. The molecule has 1 aromatic carbocycles. The van der Waals surface area contributed by atoms with E-state index in [2.05, 4.69) is 10.6 Å². The molecule has 5 nitrogen and oxygen atoms in total. The monoisotopic (exact) mass is 307 g/mol. The van der Waals surface area contributed by atoms with Gasteiger partial charge in [0.15, 0.2) is 0 Å². The van der Waals surface area contributed by atoms with Crippen LogP contribution in [-0.4, -0.2) is 35.5 Å². The van der Waals surface area contributed by atoms with Crippen LogP contribution in [0.25, 0.3) is 0 Å². The number of benzene rings is 1. The largest absolute Gasteiger partial charge is 0.338 e. The van der Waals surface area contributed by atoms with Gasteiger partial charge in [-0.2, -0.15) is 0 Å². The van der Waals surface area contributed by atoms with Crippen molar-refractivity contribution in [2.75, 3.05) is 6.54 Å². The fourth-order valence-corrected chi connectivity index (χ4v) is 2.38. The molecule has 120 valence electrons. The molecule has 1 saturated carbocycles. The van der Waals surface area contributed by atoms with Crippen molar-refractivity contribution in [2.45, 2.75) is 45.3 Å². The average Bonchev–Trinajstić information content (AvgIpc) is 3.30. The summed E-state index contributed by atoms with van der Waals surface area (Å²) in [5, 5.41) is 4.84. The quantitative estimate of drug-likeness (QED) is 0.845. The standard InChI is InChI=1S/C16H22FN3O2/c1-3-18-16(22)19-15(21)11(2)20(13-8-9-13)10-12-6-4-5-7-14(12)17/h4-7,11,13H,3,8-10H2,1-2H3,(H2,18,19,21,22). The van der Waals surface area contributed by atoms with Crippen LogP contribution in [-0.2, 0) is 11.3 Å². The van der Waals surface area contributed by atoms with Crippen LogP contribution >= 0.6 is 0 Å². The molecule has 1 atom stereocenters. The molecule has 3 amide bonds. The minimum atomic E-state index is -0.499. The summed E-state index contributed by atoms with van der Waals surface area (Å²) >= 11 is 0. The summed E-state index contributed by atoms with van der Waals surface area (Å²) in [6, 6.07) is 5.85. The van der Waals surface area contributed by atoms with E-state index in [4.69, 9.17) is 0 Å². The first kappa shape index (κ1) is 16.4. The van der Waals surface area contributed by atoms with Crippen LogP contribution in [0.1, 0.15) is 32.3 Å². The van der Waals surface area contributed by atoms with Gasteiger partial charge in [0, 0.05) is 24.7 Å². The first-order chi connectivity index (χ1) is 10.5. The molecule has 0 saturated heterocycles. The summed E-state index contributed by atoms with van der Waals surface area (Å²) in [4.78, 5) is 25.6. The Hall–Kier alpha value is -1.95. The molecule has 2 rings (SSSR count). The van der Waals surface area contributed by atoms with Gasteiger partial charge in [0.25, 0.3) is 0 Å². The normalized spacial score (nSPS) is 15.5. The zero-order chi connectivity index (χ0) is 16.1. The summed E-state index contributed by atoms with van der Waals surface area (Å²) in [7, 11) is 0. The molecule has 1 aromatic rings. The smallest absolute Gasteiger partial charge is 0.321 e. The summed E-state index contributed by atoms with van der Waals surface area (Å²) in [5.74, 6) is -0.640. The molecule has 22 heavy (non-hydrogen) atoms. The third kappa shape index (κ3) is 4.27. The molecule has 0 heterocycles. The van der Waals surface area contributed by atoms with Gasteiger partial charge in [0.2, 0.25) is 5.91 Å². The van der Waals surface area contributed by atoms with E-state index in [1.54, 1.807) is 32.0 Å². The van der Waals surface area contributed by atoms with E-state index < -0.39 is 12.1 Å². The Morgan fingerprint density at radius 2 is 2.05 bits per heavy atom. The second-order valence-electron chi connectivity index (χ2n) is 5.52. The third-order valence-electron chi connectivity index (χ3n) is 3.78. The van der Waals surface area contributed by atoms with Gasteiger partial charge in [0.05, 0.1) is 6.04 Å². The van der Waals surface area contributed by atoms with Crippen molar-refractivity contribution in [3.8, 4) is 0 Å². The van der Waals surface area contributed by atoms with Crippen molar-refractivity contribution in [1.82, 2.24) is 15.5 Å². The summed E-state index contributed by atoms with van der Waals surface area (Å²) in [5.41, 5.74) is 0.562.